The molecule has 2 heterocycles. The standard InChI is InChI=1S/C15H13ClN2/c1-9-5-10(2)7-11(6-9)13-8-18-15-12(14(13)16)3-4-17-15/h3-8H,1-2H3,(H,17,18). The Kier molecular flexibility index (Phi) is 2.60. The lowest BCUT2D eigenvalue weighted by molar-refractivity contribution is 1.32. The Bertz CT molecular complexity index is 708. The lowest BCUT2D eigenvalue weighted by atomic mass is 10.0. The summed E-state index contributed by atoms with van der Waals surface area (Å²) in [5.41, 5.74) is 5.39. The Morgan fingerprint density at radius 3 is 2.56 bits per heavy atom. The van der Waals surface area contributed by atoms with Crippen LogP contribution >= 0.6 is 11.6 Å². The number of aromatic amines is 1. The molecule has 0 aliphatic rings. The fourth-order valence-electron chi connectivity index (χ4n) is 2.31. The van der Waals surface area contributed by atoms with E-state index in [0.29, 0.717) is 0 Å². The number of aryl methyl sites for hydroxylation is 2. The Hall–Kier alpha value is -1.80. The number of fused-ring (bicyclic) bond motifs is 1. The molecular weight excluding hydrogens is 244 g/mol. The molecular formula is C15H13ClN2. The van der Waals surface area contributed by atoms with Crippen LogP contribution in [0, 0.1) is 13.8 Å². The molecule has 0 spiro atoms. The molecule has 2 aromatic heterocycles. The van der Waals surface area contributed by atoms with Gasteiger partial charge in [0.05, 0.1) is 5.02 Å². The summed E-state index contributed by atoms with van der Waals surface area (Å²) in [5, 5.41) is 1.72. The van der Waals surface area contributed by atoms with E-state index in [2.05, 4.69) is 42.0 Å². The van der Waals surface area contributed by atoms with Gasteiger partial charge >= 0.3 is 0 Å². The van der Waals surface area contributed by atoms with Crippen molar-refractivity contribution in [2.24, 2.45) is 0 Å². The molecule has 0 aliphatic heterocycles. The molecule has 0 atom stereocenters. The van der Waals surface area contributed by atoms with Crippen molar-refractivity contribution in [3.05, 3.63) is 52.8 Å². The van der Waals surface area contributed by atoms with Crippen molar-refractivity contribution in [3.63, 3.8) is 0 Å². The molecule has 1 aromatic carbocycles. The predicted octanol–water partition coefficient (Wildman–Crippen LogP) is 4.50. The van der Waals surface area contributed by atoms with Gasteiger partial charge in [-0.2, -0.15) is 0 Å². The van der Waals surface area contributed by atoms with Crippen LogP contribution in [0.3, 0.4) is 0 Å². The van der Waals surface area contributed by atoms with Crippen LogP contribution in [0.25, 0.3) is 22.2 Å². The van der Waals surface area contributed by atoms with E-state index in [4.69, 9.17) is 11.6 Å². The van der Waals surface area contributed by atoms with E-state index in [1.807, 2.05) is 18.5 Å². The fourth-order valence-corrected chi connectivity index (χ4v) is 2.62. The van der Waals surface area contributed by atoms with Gasteiger partial charge in [-0.15, -0.1) is 0 Å². The van der Waals surface area contributed by atoms with E-state index in [-0.39, 0.29) is 0 Å². The van der Waals surface area contributed by atoms with Crippen LogP contribution < -0.4 is 0 Å². The van der Waals surface area contributed by atoms with Crippen molar-refractivity contribution >= 4 is 22.6 Å². The molecule has 3 aromatic rings. The molecule has 3 rings (SSSR count). The molecule has 0 saturated carbocycles. The first-order valence-electron chi connectivity index (χ1n) is 5.85. The second-order valence-electron chi connectivity index (χ2n) is 4.60. The average molecular weight is 257 g/mol. The zero-order chi connectivity index (χ0) is 12.7. The monoisotopic (exact) mass is 256 g/mol. The molecule has 0 fully saturated rings. The molecule has 0 amide bonds. The summed E-state index contributed by atoms with van der Waals surface area (Å²) in [6, 6.07) is 8.37. The Morgan fingerprint density at radius 2 is 1.83 bits per heavy atom. The highest BCUT2D eigenvalue weighted by molar-refractivity contribution is 6.38. The van der Waals surface area contributed by atoms with Crippen molar-refractivity contribution in [3.8, 4) is 11.1 Å². The predicted molar refractivity (Wildman–Crippen MR) is 76.0 cm³/mol. The van der Waals surface area contributed by atoms with Gasteiger partial charge in [0.25, 0.3) is 0 Å². The fraction of sp³-hybridized carbons (Fsp3) is 0.133. The van der Waals surface area contributed by atoms with Crippen LogP contribution in [0.15, 0.2) is 36.7 Å². The summed E-state index contributed by atoms with van der Waals surface area (Å²) in [4.78, 5) is 7.46. The number of H-pyrrole nitrogens is 1. The Morgan fingerprint density at radius 1 is 1.11 bits per heavy atom. The second kappa shape index (κ2) is 4.14. The van der Waals surface area contributed by atoms with Gasteiger partial charge < -0.3 is 4.98 Å². The van der Waals surface area contributed by atoms with E-state index in [1.165, 1.54) is 11.1 Å². The largest absolute Gasteiger partial charge is 0.346 e. The van der Waals surface area contributed by atoms with E-state index < -0.39 is 0 Å². The quantitative estimate of drug-likeness (QED) is 0.682. The Balaban J connectivity index is 2.27. The first-order valence-corrected chi connectivity index (χ1v) is 6.23. The number of rotatable bonds is 1. The highest BCUT2D eigenvalue weighted by atomic mass is 35.5. The minimum Gasteiger partial charge on any atom is -0.346 e. The lowest BCUT2D eigenvalue weighted by Crippen LogP contribution is -1.87. The van der Waals surface area contributed by atoms with Gasteiger partial charge in [0.1, 0.15) is 5.65 Å². The van der Waals surface area contributed by atoms with Gasteiger partial charge in [-0.05, 0) is 25.5 Å². The number of benzene rings is 1. The summed E-state index contributed by atoms with van der Waals surface area (Å²) >= 11 is 6.46. The number of halogens is 1. The van der Waals surface area contributed by atoms with Crippen molar-refractivity contribution in [2.45, 2.75) is 13.8 Å². The molecule has 0 bridgehead atoms. The van der Waals surface area contributed by atoms with Crippen molar-refractivity contribution in [2.75, 3.05) is 0 Å². The number of nitrogens with zero attached hydrogens (tertiary/aromatic N) is 1. The zero-order valence-corrected chi connectivity index (χ0v) is 11.0. The lowest BCUT2D eigenvalue weighted by Gasteiger charge is -2.07. The number of hydrogen-bond donors (Lipinski definition) is 1. The zero-order valence-electron chi connectivity index (χ0n) is 10.3. The third-order valence-corrected chi connectivity index (χ3v) is 3.46. The smallest absolute Gasteiger partial charge is 0.138 e. The summed E-state index contributed by atoms with van der Waals surface area (Å²) in [7, 11) is 0. The van der Waals surface area contributed by atoms with Crippen LogP contribution in [-0.2, 0) is 0 Å². The topological polar surface area (TPSA) is 28.7 Å². The maximum absolute atomic E-state index is 6.46. The van der Waals surface area contributed by atoms with Crippen LogP contribution in [0.4, 0.5) is 0 Å². The number of pyridine rings is 1. The average Bonchev–Trinajstić information content (AvgIpc) is 2.77. The van der Waals surface area contributed by atoms with Crippen molar-refractivity contribution in [1.29, 1.82) is 0 Å². The number of aromatic nitrogens is 2. The third kappa shape index (κ3) is 1.79. The van der Waals surface area contributed by atoms with Crippen molar-refractivity contribution in [1.82, 2.24) is 9.97 Å². The van der Waals surface area contributed by atoms with Crippen molar-refractivity contribution < 1.29 is 0 Å². The summed E-state index contributed by atoms with van der Waals surface area (Å²) in [6.45, 7) is 4.18. The molecule has 0 saturated heterocycles. The normalized spacial score (nSPS) is 11.1. The molecule has 90 valence electrons. The molecule has 2 nitrogen and oxygen atoms in total. The summed E-state index contributed by atoms with van der Waals surface area (Å²) in [5.74, 6) is 0. The van der Waals surface area contributed by atoms with Gasteiger partial charge in [-0.1, -0.05) is 40.9 Å². The minimum absolute atomic E-state index is 0.756. The van der Waals surface area contributed by atoms with E-state index >= 15 is 0 Å². The van der Waals surface area contributed by atoms with Crippen LogP contribution in [0.2, 0.25) is 5.02 Å². The minimum atomic E-state index is 0.756. The van der Waals surface area contributed by atoms with Gasteiger partial charge in [-0.3, -0.25) is 0 Å². The second-order valence-corrected chi connectivity index (χ2v) is 4.98. The first kappa shape index (κ1) is 11.3. The van der Waals surface area contributed by atoms with Gasteiger partial charge in [0.2, 0.25) is 0 Å². The highest BCUT2D eigenvalue weighted by Gasteiger charge is 2.10. The van der Waals surface area contributed by atoms with Gasteiger partial charge in [0.15, 0.2) is 0 Å². The molecule has 0 aliphatic carbocycles. The highest BCUT2D eigenvalue weighted by Crippen LogP contribution is 2.33. The van der Waals surface area contributed by atoms with Gasteiger partial charge in [0, 0.05) is 23.3 Å². The van der Waals surface area contributed by atoms with E-state index in [9.17, 15) is 0 Å². The molecule has 18 heavy (non-hydrogen) atoms. The molecule has 1 N–H and O–H groups in total. The molecule has 0 unspecified atom stereocenters. The van der Waals surface area contributed by atoms with E-state index in [1.54, 1.807) is 0 Å². The van der Waals surface area contributed by atoms with E-state index in [0.717, 1.165) is 27.2 Å². The van der Waals surface area contributed by atoms with Gasteiger partial charge in [-0.25, -0.2) is 4.98 Å². The van der Waals surface area contributed by atoms with Crippen LogP contribution in [0.1, 0.15) is 11.1 Å². The maximum atomic E-state index is 6.46. The summed E-state index contributed by atoms with van der Waals surface area (Å²) < 4.78 is 0. The molecule has 3 heteroatoms. The SMILES string of the molecule is Cc1cc(C)cc(-c2cnc3[nH]ccc3c2Cl)c1. The third-order valence-electron chi connectivity index (χ3n) is 3.05. The number of hydrogen-bond acceptors (Lipinski definition) is 1. The maximum Gasteiger partial charge on any atom is 0.138 e. The summed E-state index contributed by atoms with van der Waals surface area (Å²) in [6.07, 6.45) is 3.68. The van der Waals surface area contributed by atoms with Crippen LogP contribution in [0.5, 0.6) is 0 Å². The first-order chi connectivity index (χ1) is 8.65. The Labute approximate surface area is 111 Å². The molecule has 0 radical (unpaired) electrons. The van der Waals surface area contributed by atoms with Crippen LogP contribution in [-0.4, -0.2) is 9.97 Å². The number of nitrogens with one attached hydrogen (secondary N) is 1.